The van der Waals surface area contributed by atoms with Gasteiger partial charge < -0.3 is 24.6 Å². The summed E-state index contributed by atoms with van der Waals surface area (Å²) >= 11 is 6.34. The van der Waals surface area contributed by atoms with E-state index in [9.17, 15) is 14.4 Å². The van der Waals surface area contributed by atoms with Crippen LogP contribution in [0.5, 0.6) is 5.75 Å². The molecule has 1 unspecified atom stereocenters. The molecule has 2 amide bonds. The van der Waals surface area contributed by atoms with Crippen molar-refractivity contribution in [1.29, 1.82) is 0 Å². The van der Waals surface area contributed by atoms with Gasteiger partial charge in [-0.25, -0.2) is 4.98 Å². The van der Waals surface area contributed by atoms with E-state index in [2.05, 4.69) is 10.3 Å². The number of methoxy groups -OCH3 is 1. The summed E-state index contributed by atoms with van der Waals surface area (Å²) in [5, 5.41) is 12.2. The molecule has 0 aliphatic carbocycles. The minimum absolute atomic E-state index is 0.0281. The summed E-state index contributed by atoms with van der Waals surface area (Å²) in [6.07, 6.45) is 1.69. The highest BCUT2D eigenvalue weighted by molar-refractivity contribution is 6.31. The molecule has 0 fully saturated rings. The number of rotatable bonds is 8. The third kappa shape index (κ3) is 5.46. The van der Waals surface area contributed by atoms with Crippen molar-refractivity contribution in [1.82, 2.24) is 19.8 Å². The molecule has 1 atom stereocenters. The number of carbonyl (C=O) groups excluding carboxylic acids is 2. The van der Waals surface area contributed by atoms with Gasteiger partial charge in [-0.05, 0) is 29.8 Å². The number of carboxylic acids is 1. The number of imidazole rings is 1. The zero-order valence-electron chi connectivity index (χ0n) is 19.1. The lowest BCUT2D eigenvalue weighted by Crippen LogP contribution is -2.53. The second-order valence-corrected chi connectivity index (χ2v) is 8.58. The summed E-state index contributed by atoms with van der Waals surface area (Å²) in [5.74, 6) is -1.24. The number of nitrogens with zero attached hydrogens (tertiary/aromatic N) is 3. The molecule has 1 aliphatic heterocycles. The number of halogens is 1. The molecule has 0 saturated carbocycles. The van der Waals surface area contributed by atoms with Gasteiger partial charge in [-0.1, -0.05) is 35.9 Å². The topological polar surface area (TPSA) is 114 Å². The van der Waals surface area contributed by atoms with E-state index in [-0.39, 0.29) is 31.8 Å². The number of carbonyl (C=O) groups is 3. The van der Waals surface area contributed by atoms with Crippen LogP contribution < -0.4 is 10.1 Å². The first kappa shape index (κ1) is 24.3. The monoisotopic (exact) mass is 496 g/mol. The summed E-state index contributed by atoms with van der Waals surface area (Å²) in [6.45, 7) is 0.602. The zero-order valence-corrected chi connectivity index (χ0v) is 19.9. The van der Waals surface area contributed by atoms with Crippen LogP contribution in [0.3, 0.4) is 0 Å². The van der Waals surface area contributed by atoms with Crippen molar-refractivity contribution in [3.8, 4) is 5.75 Å². The Morgan fingerprint density at radius 3 is 2.74 bits per heavy atom. The first-order valence-corrected chi connectivity index (χ1v) is 11.5. The number of benzene rings is 2. The Kier molecular flexibility index (Phi) is 7.36. The smallest absolute Gasteiger partial charge is 0.305 e. The van der Waals surface area contributed by atoms with E-state index in [0.29, 0.717) is 28.6 Å². The highest BCUT2D eigenvalue weighted by Gasteiger charge is 2.37. The summed E-state index contributed by atoms with van der Waals surface area (Å²) in [6, 6.07) is 13.4. The van der Waals surface area contributed by atoms with Gasteiger partial charge in [0.1, 0.15) is 11.8 Å². The fraction of sp³-hybridized carbons (Fsp3) is 0.280. The van der Waals surface area contributed by atoms with Crippen LogP contribution in [-0.2, 0) is 29.1 Å². The van der Waals surface area contributed by atoms with Gasteiger partial charge in [-0.2, -0.15) is 0 Å². The van der Waals surface area contributed by atoms with Crippen molar-refractivity contribution in [3.05, 3.63) is 82.4 Å². The van der Waals surface area contributed by atoms with Crippen LogP contribution in [-0.4, -0.2) is 57.0 Å². The Balaban J connectivity index is 1.64. The molecule has 0 saturated heterocycles. The first-order valence-electron chi connectivity index (χ1n) is 11.1. The lowest BCUT2D eigenvalue weighted by Gasteiger charge is -2.35. The van der Waals surface area contributed by atoms with Crippen molar-refractivity contribution in [3.63, 3.8) is 0 Å². The first-order chi connectivity index (χ1) is 16.9. The molecule has 4 rings (SSSR count). The molecule has 0 spiro atoms. The van der Waals surface area contributed by atoms with E-state index in [1.807, 2.05) is 28.8 Å². The van der Waals surface area contributed by atoms with Crippen molar-refractivity contribution in [2.24, 2.45) is 0 Å². The average Bonchev–Trinajstić information content (AvgIpc) is 3.25. The van der Waals surface area contributed by atoms with Gasteiger partial charge in [-0.15, -0.1) is 0 Å². The Hall–Kier alpha value is -3.85. The molecule has 182 valence electrons. The van der Waals surface area contributed by atoms with Crippen molar-refractivity contribution in [2.45, 2.75) is 32.0 Å². The third-order valence-corrected chi connectivity index (χ3v) is 6.30. The molecule has 9 nitrogen and oxygen atoms in total. The van der Waals surface area contributed by atoms with Gasteiger partial charge in [0.05, 0.1) is 44.3 Å². The fourth-order valence-corrected chi connectivity index (χ4v) is 4.29. The molecular formula is C25H25ClN4O5. The summed E-state index contributed by atoms with van der Waals surface area (Å²) in [5.41, 5.74) is 2.82. The van der Waals surface area contributed by atoms with Gasteiger partial charge in [0.25, 0.3) is 5.91 Å². The van der Waals surface area contributed by atoms with E-state index in [1.54, 1.807) is 30.6 Å². The van der Waals surface area contributed by atoms with Crippen LogP contribution in [0.15, 0.2) is 54.9 Å². The highest BCUT2D eigenvalue weighted by Crippen LogP contribution is 2.27. The van der Waals surface area contributed by atoms with Crippen LogP contribution in [0.2, 0.25) is 5.02 Å². The third-order valence-electron chi connectivity index (χ3n) is 5.93. The lowest BCUT2D eigenvalue weighted by molar-refractivity contribution is -0.137. The van der Waals surface area contributed by atoms with E-state index in [0.717, 1.165) is 11.3 Å². The predicted molar refractivity (Wildman–Crippen MR) is 128 cm³/mol. The molecule has 2 heterocycles. The van der Waals surface area contributed by atoms with Gasteiger partial charge in [0.2, 0.25) is 5.91 Å². The second-order valence-electron chi connectivity index (χ2n) is 8.18. The molecule has 0 radical (unpaired) electrons. The molecule has 2 aromatic carbocycles. The van der Waals surface area contributed by atoms with E-state index in [1.165, 1.54) is 12.0 Å². The quantitative estimate of drug-likeness (QED) is 0.495. The standard InChI is InChI=1S/C25H25ClN4O5/c1-35-18-7-4-6-16(11-18)25(34)30-14-22-20(12-21(30)24(33)27-10-9-23(31)32)28-15-29(22)13-17-5-2-3-8-19(17)26/h2-8,11,15,21H,9-10,12-14H2,1H3,(H,27,33)(H,31,32). The molecule has 3 aromatic rings. The average molecular weight is 497 g/mol. The maximum atomic E-state index is 13.6. The number of ether oxygens (including phenoxy) is 1. The Morgan fingerprint density at radius 1 is 1.20 bits per heavy atom. The van der Waals surface area contributed by atoms with Crippen LogP contribution in [0.25, 0.3) is 0 Å². The number of aromatic nitrogens is 2. The molecule has 10 heteroatoms. The van der Waals surface area contributed by atoms with E-state index in [4.69, 9.17) is 21.4 Å². The number of nitrogens with one attached hydrogen (secondary N) is 1. The molecule has 0 bridgehead atoms. The number of amides is 2. The van der Waals surface area contributed by atoms with Crippen molar-refractivity contribution >= 4 is 29.4 Å². The van der Waals surface area contributed by atoms with Gasteiger partial charge >= 0.3 is 5.97 Å². The van der Waals surface area contributed by atoms with E-state index < -0.39 is 17.9 Å². The Labute approximate surface area is 207 Å². The summed E-state index contributed by atoms with van der Waals surface area (Å²) < 4.78 is 7.18. The molecular weight excluding hydrogens is 472 g/mol. The van der Waals surface area contributed by atoms with E-state index >= 15 is 0 Å². The van der Waals surface area contributed by atoms with Crippen LogP contribution in [0.4, 0.5) is 0 Å². The molecule has 1 aliphatic rings. The summed E-state index contributed by atoms with van der Waals surface area (Å²) in [4.78, 5) is 43.5. The minimum atomic E-state index is -1.01. The highest BCUT2D eigenvalue weighted by atomic mass is 35.5. The van der Waals surface area contributed by atoms with Gasteiger partial charge in [0, 0.05) is 23.6 Å². The van der Waals surface area contributed by atoms with Gasteiger partial charge in [0.15, 0.2) is 0 Å². The predicted octanol–water partition coefficient (Wildman–Crippen LogP) is 2.75. The number of hydrogen-bond acceptors (Lipinski definition) is 5. The normalized spacial score (nSPS) is 14.8. The van der Waals surface area contributed by atoms with Crippen molar-refractivity contribution < 1.29 is 24.2 Å². The van der Waals surface area contributed by atoms with Crippen LogP contribution in [0, 0.1) is 0 Å². The molecule has 2 N–H and O–H groups in total. The Bertz CT molecular complexity index is 1260. The maximum Gasteiger partial charge on any atom is 0.305 e. The number of aliphatic carboxylic acids is 1. The van der Waals surface area contributed by atoms with Crippen LogP contribution >= 0.6 is 11.6 Å². The fourth-order valence-electron chi connectivity index (χ4n) is 4.09. The van der Waals surface area contributed by atoms with Crippen LogP contribution in [0.1, 0.15) is 33.7 Å². The number of carboxylic acid groups (broad SMARTS) is 1. The van der Waals surface area contributed by atoms with Crippen molar-refractivity contribution in [2.75, 3.05) is 13.7 Å². The lowest BCUT2D eigenvalue weighted by atomic mass is 9.99. The summed E-state index contributed by atoms with van der Waals surface area (Å²) in [7, 11) is 1.52. The second kappa shape index (κ2) is 10.6. The minimum Gasteiger partial charge on any atom is -0.497 e. The molecule has 35 heavy (non-hydrogen) atoms. The SMILES string of the molecule is COc1cccc(C(=O)N2Cc3c(ncn3Cc3ccccc3Cl)CC2C(=O)NCCC(=O)O)c1. The number of fused-ring (bicyclic) bond motifs is 1. The van der Waals surface area contributed by atoms with Gasteiger partial charge in [-0.3, -0.25) is 14.4 Å². The molecule has 1 aromatic heterocycles. The zero-order chi connectivity index (χ0) is 24.9. The largest absolute Gasteiger partial charge is 0.497 e. The number of hydrogen-bond donors (Lipinski definition) is 2. The maximum absolute atomic E-state index is 13.6. The Morgan fingerprint density at radius 2 is 2.00 bits per heavy atom.